The highest BCUT2D eigenvalue weighted by molar-refractivity contribution is 7.98. The third kappa shape index (κ3) is 3.76. The molecule has 0 aliphatic heterocycles. The number of hydrogen-bond donors (Lipinski definition) is 2. The van der Waals surface area contributed by atoms with Crippen molar-refractivity contribution in [3.63, 3.8) is 0 Å². The Kier molecular flexibility index (Phi) is 4.37. The number of hydrogen-bond acceptors (Lipinski definition) is 6. The fraction of sp³-hybridized carbons (Fsp3) is 0.286. The van der Waals surface area contributed by atoms with Gasteiger partial charge in [-0.1, -0.05) is 11.8 Å². The lowest BCUT2D eigenvalue weighted by atomic mass is 10.3. The molecule has 0 bridgehead atoms. The second-order valence-corrected chi connectivity index (χ2v) is 3.71. The van der Waals surface area contributed by atoms with Crippen LogP contribution in [0.25, 0.3) is 0 Å². The fourth-order valence-corrected chi connectivity index (χ4v) is 1.11. The fourth-order valence-electron chi connectivity index (χ4n) is 0.744. The second kappa shape index (κ2) is 5.56. The predicted octanol–water partition coefficient (Wildman–Crippen LogP) is 0.151. The molecule has 3 N–H and O–H groups in total. The van der Waals surface area contributed by atoms with Gasteiger partial charge in [0.1, 0.15) is 5.69 Å². The summed E-state index contributed by atoms with van der Waals surface area (Å²) in [5, 5.41) is 12.2. The Hall–Kier alpha value is -1.28. The van der Waals surface area contributed by atoms with Crippen molar-refractivity contribution in [2.75, 3.05) is 6.26 Å². The minimum Gasteiger partial charge on any atom is -0.375 e. The standard InChI is InChI=1S/C7H10N6S2/c1-4(11-12-6(8)14)5-3-9-13-7(10-5)15-2/h3H,1-2H3,(H3,8,12,14)/b11-4+. The number of nitrogens with one attached hydrogen (secondary N) is 1. The van der Waals surface area contributed by atoms with Crippen LogP contribution in [0, 0.1) is 0 Å². The molecule has 0 amide bonds. The first-order valence-corrected chi connectivity index (χ1v) is 5.60. The molecule has 0 saturated carbocycles. The van der Waals surface area contributed by atoms with Crippen molar-refractivity contribution in [3.8, 4) is 0 Å². The minimum absolute atomic E-state index is 0.112. The van der Waals surface area contributed by atoms with Gasteiger partial charge >= 0.3 is 0 Å². The van der Waals surface area contributed by atoms with E-state index in [-0.39, 0.29) is 5.11 Å². The largest absolute Gasteiger partial charge is 0.375 e. The number of aromatic nitrogens is 3. The van der Waals surface area contributed by atoms with E-state index in [1.54, 1.807) is 6.92 Å². The normalized spacial score (nSPS) is 11.2. The summed E-state index contributed by atoms with van der Waals surface area (Å²) < 4.78 is 0. The SMILES string of the molecule is CSc1nncc(/C(C)=N/NC(N)=S)n1. The Morgan fingerprint density at radius 3 is 3.00 bits per heavy atom. The summed E-state index contributed by atoms with van der Waals surface area (Å²) in [5.41, 5.74) is 9.00. The zero-order chi connectivity index (χ0) is 11.3. The Balaban J connectivity index is 2.85. The van der Waals surface area contributed by atoms with Crippen LogP contribution in [0.15, 0.2) is 16.5 Å². The van der Waals surface area contributed by atoms with E-state index >= 15 is 0 Å². The van der Waals surface area contributed by atoms with E-state index < -0.39 is 0 Å². The molecule has 1 aromatic heterocycles. The number of nitrogens with two attached hydrogens (primary N) is 1. The zero-order valence-electron chi connectivity index (χ0n) is 8.26. The molecule has 0 radical (unpaired) electrons. The number of hydrazone groups is 1. The van der Waals surface area contributed by atoms with Crippen LogP contribution < -0.4 is 11.2 Å². The lowest BCUT2D eigenvalue weighted by Gasteiger charge is -2.01. The Morgan fingerprint density at radius 2 is 2.40 bits per heavy atom. The van der Waals surface area contributed by atoms with Gasteiger partial charge in [0.15, 0.2) is 5.11 Å². The van der Waals surface area contributed by atoms with Crippen molar-refractivity contribution < 1.29 is 0 Å². The number of thiocarbonyl (C=S) groups is 1. The maximum atomic E-state index is 5.24. The van der Waals surface area contributed by atoms with Crippen molar-refractivity contribution in [2.24, 2.45) is 10.8 Å². The summed E-state index contributed by atoms with van der Waals surface area (Å²) in [6, 6.07) is 0. The number of rotatable bonds is 3. The molecule has 0 unspecified atom stereocenters. The molecule has 0 atom stereocenters. The number of thioether (sulfide) groups is 1. The average molecular weight is 242 g/mol. The van der Waals surface area contributed by atoms with Gasteiger partial charge in [0.05, 0.1) is 11.9 Å². The highest BCUT2D eigenvalue weighted by Gasteiger charge is 2.02. The van der Waals surface area contributed by atoms with Crippen LogP contribution in [0.2, 0.25) is 0 Å². The van der Waals surface area contributed by atoms with Crippen LogP contribution in [0.3, 0.4) is 0 Å². The first-order valence-electron chi connectivity index (χ1n) is 3.97. The average Bonchev–Trinajstić information content (AvgIpc) is 2.26. The molecule has 0 spiro atoms. The van der Waals surface area contributed by atoms with Crippen molar-refractivity contribution in [1.82, 2.24) is 20.6 Å². The summed E-state index contributed by atoms with van der Waals surface area (Å²) in [6.07, 6.45) is 3.40. The summed E-state index contributed by atoms with van der Waals surface area (Å²) in [7, 11) is 0. The lowest BCUT2D eigenvalue weighted by molar-refractivity contribution is 0.831. The van der Waals surface area contributed by atoms with Gasteiger partial charge in [-0.05, 0) is 25.4 Å². The topological polar surface area (TPSA) is 89.1 Å². The molecule has 0 aliphatic rings. The van der Waals surface area contributed by atoms with Crippen molar-refractivity contribution in [2.45, 2.75) is 12.1 Å². The third-order valence-corrected chi connectivity index (χ3v) is 2.06. The summed E-state index contributed by atoms with van der Waals surface area (Å²) in [6.45, 7) is 1.78. The van der Waals surface area contributed by atoms with Gasteiger partial charge in [0, 0.05) is 0 Å². The highest BCUT2D eigenvalue weighted by Crippen LogP contribution is 2.06. The molecule has 15 heavy (non-hydrogen) atoms. The third-order valence-electron chi connectivity index (χ3n) is 1.43. The molecule has 80 valence electrons. The van der Waals surface area contributed by atoms with Gasteiger partial charge in [-0.15, -0.1) is 5.10 Å². The maximum absolute atomic E-state index is 5.24. The molecular formula is C7H10N6S2. The van der Waals surface area contributed by atoms with E-state index in [0.29, 0.717) is 16.6 Å². The van der Waals surface area contributed by atoms with Crippen molar-refractivity contribution in [3.05, 3.63) is 11.9 Å². The van der Waals surface area contributed by atoms with Gasteiger partial charge in [-0.2, -0.15) is 10.2 Å². The Bertz CT molecular complexity index is 391. The first-order chi connectivity index (χ1) is 7.13. The van der Waals surface area contributed by atoms with Crippen LogP contribution in [-0.4, -0.2) is 32.3 Å². The van der Waals surface area contributed by atoms with Gasteiger partial charge in [0.25, 0.3) is 0 Å². The van der Waals surface area contributed by atoms with E-state index in [2.05, 4.69) is 37.9 Å². The number of nitrogens with zero attached hydrogens (tertiary/aromatic N) is 4. The van der Waals surface area contributed by atoms with Gasteiger partial charge in [-0.3, -0.25) is 5.43 Å². The summed E-state index contributed by atoms with van der Waals surface area (Å²) >= 11 is 6.03. The maximum Gasteiger partial charge on any atom is 0.209 e. The van der Waals surface area contributed by atoms with Gasteiger partial charge in [0.2, 0.25) is 5.16 Å². The molecule has 0 saturated heterocycles. The summed E-state index contributed by atoms with van der Waals surface area (Å²) in [4.78, 5) is 4.20. The van der Waals surface area contributed by atoms with Crippen LogP contribution in [-0.2, 0) is 0 Å². The highest BCUT2D eigenvalue weighted by atomic mass is 32.2. The molecule has 1 aromatic rings. The van der Waals surface area contributed by atoms with Gasteiger partial charge < -0.3 is 5.73 Å². The molecule has 1 heterocycles. The molecular weight excluding hydrogens is 232 g/mol. The molecule has 0 aromatic carbocycles. The molecule has 0 aliphatic carbocycles. The van der Waals surface area contributed by atoms with E-state index in [4.69, 9.17) is 5.73 Å². The molecule has 0 fully saturated rings. The van der Waals surface area contributed by atoms with Crippen LogP contribution in [0.4, 0.5) is 0 Å². The second-order valence-electron chi connectivity index (χ2n) is 2.50. The van der Waals surface area contributed by atoms with E-state index in [0.717, 1.165) is 0 Å². The van der Waals surface area contributed by atoms with Gasteiger partial charge in [-0.25, -0.2) is 4.98 Å². The van der Waals surface area contributed by atoms with E-state index in [1.807, 2.05) is 6.26 Å². The lowest BCUT2D eigenvalue weighted by Crippen LogP contribution is -2.25. The quantitative estimate of drug-likeness (QED) is 0.337. The first kappa shape index (κ1) is 11.8. The van der Waals surface area contributed by atoms with E-state index in [9.17, 15) is 0 Å². The molecule has 1 rings (SSSR count). The molecule has 6 nitrogen and oxygen atoms in total. The summed E-state index contributed by atoms with van der Waals surface area (Å²) in [5.74, 6) is 0. The van der Waals surface area contributed by atoms with Crippen molar-refractivity contribution in [1.29, 1.82) is 0 Å². The smallest absolute Gasteiger partial charge is 0.209 e. The van der Waals surface area contributed by atoms with E-state index in [1.165, 1.54) is 18.0 Å². The van der Waals surface area contributed by atoms with Crippen LogP contribution >= 0.6 is 24.0 Å². The van der Waals surface area contributed by atoms with Crippen LogP contribution in [0.1, 0.15) is 12.6 Å². The monoisotopic (exact) mass is 242 g/mol. The van der Waals surface area contributed by atoms with Crippen LogP contribution in [0.5, 0.6) is 0 Å². The minimum atomic E-state index is 0.112. The Labute approximate surface area is 96.8 Å². The Morgan fingerprint density at radius 1 is 1.67 bits per heavy atom. The zero-order valence-corrected chi connectivity index (χ0v) is 9.89. The van der Waals surface area contributed by atoms with Crippen molar-refractivity contribution >= 4 is 34.8 Å². The molecule has 8 heteroatoms. The predicted molar refractivity (Wildman–Crippen MR) is 63.7 cm³/mol.